The first-order valence-corrected chi connectivity index (χ1v) is 5.87. The van der Waals surface area contributed by atoms with Crippen molar-refractivity contribution < 1.29 is 14.3 Å². The van der Waals surface area contributed by atoms with Crippen LogP contribution in [0.15, 0.2) is 40.8 Å². The van der Waals surface area contributed by atoms with E-state index in [2.05, 4.69) is 24.5 Å². The van der Waals surface area contributed by atoms with Crippen molar-refractivity contribution in [3.05, 3.63) is 47.7 Å². The smallest absolute Gasteiger partial charge is 0.371 e. The summed E-state index contributed by atoms with van der Waals surface area (Å²) in [5.41, 5.74) is 1.71. The summed E-state index contributed by atoms with van der Waals surface area (Å²) in [5, 5.41) is 8.77. The van der Waals surface area contributed by atoms with Gasteiger partial charge in [-0.3, -0.25) is 0 Å². The van der Waals surface area contributed by atoms with Crippen molar-refractivity contribution in [3.8, 4) is 23.2 Å². The highest BCUT2D eigenvalue weighted by atomic mass is 32.1. The van der Waals surface area contributed by atoms with Crippen LogP contribution in [0, 0.1) is 11.8 Å². The van der Waals surface area contributed by atoms with Crippen molar-refractivity contribution in [2.75, 3.05) is 5.75 Å². The number of carboxylic acids is 1. The van der Waals surface area contributed by atoms with Crippen LogP contribution in [0.25, 0.3) is 11.3 Å². The zero-order valence-corrected chi connectivity index (χ0v) is 10.3. The fourth-order valence-electron chi connectivity index (χ4n) is 1.47. The molecular weight excluding hydrogens is 248 g/mol. The molecule has 0 atom stereocenters. The molecule has 0 fully saturated rings. The molecule has 0 aliphatic heterocycles. The highest BCUT2D eigenvalue weighted by Gasteiger charge is 2.09. The van der Waals surface area contributed by atoms with Gasteiger partial charge >= 0.3 is 5.97 Å². The predicted molar refractivity (Wildman–Crippen MR) is 71.8 cm³/mol. The average molecular weight is 258 g/mol. The first-order chi connectivity index (χ1) is 8.70. The van der Waals surface area contributed by atoms with E-state index < -0.39 is 5.97 Å². The molecule has 2 aromatic rings. The number of hydrogen-bond acceptors (Lipinski definition) is 3. The Morgan fingerprint density at radius 1 is 1.22 bits per heavy atom. The molecule has 3 nitrogen and oxygen atoms in total. The summed E-state index contributed by atoms with van der Waals surface area (Å²) >= 11 is 4.01. The summed E-state index contributed by atoms with van der Waals surface area (Å²) in [4.78, 5) is 10.7. The number of furan rings is 1. The molecule has 4 heteroatoms. The van der Waals surface area contributed by atoms with Crippen LogP contribution in [0.1, 0.15) is 16.1 Å². The van der Waals surface area contributed by atoms with Crippen molar-refractivity contribution in [1.29, 1.82) is 0 Å². The maximum Gasteiger partial charge on any atom is 0.371 e. The van der Waals surface area contributed by atoms with E-state index in [4.69, 9.17) is 9.52 Å². The molecule has 1 heterocycles. The molecule has 90 valence electrons. The topological polar surface area (TPSA) is 50.4 Å². The minimum absolute atomic E-state index is 0.0658. The first kappa shape index (κ1) is 12.3. The van der Waals surface area contributed by atoms with Gasteiger partial charge in [0.05, 0.1) is 5.75 Å². The Labute approximate surface area is 110 Å². The van der Waals surface area contributed by atoms with E-state index in [1.807, 2.05) is 24.3 Å². The second kappa shape index (κ2) is 5.48. The molecule has 1 aromatic heterocycles. The van der Waals surface area contributed by atoms with Gasteiger partial charge in [-0.1, -0.05) is 24.0 Å². The van der Waals surface area contributed by atoms with Crippen molar-refractivity contribution >= 4 is 18.6 Å². The number of aromatic carboxylic acids is 1. The molecule has 0 aliphatic carbocycles. The Morgan fingerprint density at radius 3 is 2.50 bits per heavy atom. The minimum Gasteiger partial charge on any atom is -0.475 e. The molecule has 0 aliphatic rings. The Morgan fingerprint density at radius 2 is 1.94 bits per heavy atom. The summed E-state index contributed by atoms with van der Waals surface area (Å²) in [6.07, 6.45) is 0. The minimum atomic E-state index is -1.07. The van der Waals surface area contributed by atoms with Gasteiger partial charge in [0.2, 0.25) is 5.76 Å². The lowest BCUT2D eigenvalue weighted by molar-refractivity contribution is 0.0663. The van der Waals surface area contributed by atoms with Gasteiger partial charge in [-0.15, -0.1) is 0 Å². The zero-order chi connectivity index (χ0) is 13.0. The molecule has 0 amide bonds. The number of carboxylic acid groups (broad SMARTS) is 1. The third-order valence-corrected chi connectivity index (χ3v) is 2.46. The molecule has 18 heavy (non-hydrogen) atoms. The maximum atomic E-state index is 10.7. The van der Waals surface area contributed by atoms with E-state index in [-0.39, 0.29) is 5.76 Å². The molecule has 1 aromatic carbocycles. The first-order valence-electron chi connectivity index (χ1n) is 5.24. The quantitative estimate of drug-likeness (QED) is 0.643. The highest BCUT2D eigenvalue weighted by Crippen LogP contribution is 2.22. The average Bonchev–Trinajstić information content (AvgIpc) is 2.87. The van der Waals surface area contributed by atoms with Crippen LogP contribution in [-0.2, 0) is 0 Å². The van der Waals surface area contributed by atoms with Gasteiger partial charge in [0, 0.05) is 11.1 Å². The van der Waals surface area contributed by atoms with Crippen molar-refractivity contribution in [3.63, 3.8) is 0 Å². The van der Waals surface area contributed by atoms with E-state index in [1.165, 1.54) is 6.07 Å². The largest absolute Gasteiger partial charge is 0.475 e. The molecule has 0 saturated carbocycles. The second-order valence-corrected chi connectivity index (χ2v) is 3.82. The molecule has 0 saturated heterocycles. The van der Waals surface area contributed by atoms with Crippen molar-refractivity contribution in [2.45, 2.75) is 0 Å². The Balaban J connectivity index is 2.25. The molecule has 1 N–H and O–H groups in total. The molecule has 2 rings (SSSR count). The Hall–Kier alpha value is -2.12. The third-order valence-electron chi connectivity index (χ3n) is 2.30. The van der Waals surface area contributed by atoms with E-state index in [9.17, 15) is 4.79 Å². The van der Waals surface area contributed by atoms with Gasteiger partial charge in [0.1, 0.15) is 5.76 Å². The van der Waals surface area contributed by atoms with Crippen LogP contribution in [-0.4, -0.2) is 16.8 Å². The van der Waals surface area contributed by atoms with E-state index in [1.54, 1.807) is 6.07 Å². The highest BCUT2D eigenvalue weighted by molar-refractivity contribution is 7.80. The lowest BCUT2D eigenvalue weighted by Crippen LogP contribution is -1.91. The van der Waals surface area contributed by atoms with E-state index in [0.717, 1.165) is 11.1 Å². The van der Waals surface area contributed by atoms with Gasteiger partial charge in [0.15, 0.2) is 0 Å². The fourth-order valence-corrected chi connectivity index (χ4v) is 1.55. The van der Waals surface area contributed by atoms with E-state index >= 15 is 0 Å². The summed E-state index contributed by atoms with van der Waals surface area (Å²) < 4.78 is 5.20. The Bertz CT molecular complexity index is 614. The van der Waals surface area contributed by atoms with Crippen LogP contribution < -0.4 is 0 Å². The van der Waals surface area contributed by atoms with Crippen LogP contribution >= 0.6 is 12.6 Å². The molecule has 0 unspecified atom stereocenters. The molecule has 0 radical (unpaired) electrons. The standard InChI is InChI=1S/C14H10O3S/c15-14(16)13-8-7-12(17-13)11-5-3-10(4-6-11)2-1-9-18/h3-8,18H,9H2,(H,15,16). The summed E-state index contributed by atoms with van der Waals surface area (Å²) in [6, 6.07) is 10.5. The second-order valence-electron chi connectivity index (χ2n) is 3.51. The third kappa shape index (κ3) is 2.76. The van der Waals surface area contributed by atoms with Crippen LogP contribution in [0.5, 0.6) is 0 Å². The SMILES string of the molecule is O=C(O)c1ccc(-c2ccc(C#CCS)cc2)o1. The molecule has 0 spiro atoms. The number of thiol groups is 1. The van der Waals surface area contributed by atoms with Gasteiger partial charge < -0.3 is 9.52 Å². The Kier molecular flexibility index (Phi) is 3.75. The normalized spacial score (nSPS) is 9.61. The lowest BCUT2D eigenvalue weighted by Gasteiger charge is -1.96. The van der Waals surface area contributed by atoms with Gasteiger partial charge in [-0.05, 0) is 24.3 Å². The summed E-state index contributed by atoms with van der Waals surface area (Å²) in [6.45, 7) is 0. The summed E-state index contributed by atoms with van der Waals surface area (Å²) in [7, 11) is 0. The van der Waals surface area contributed by atoms with Crippen LogP contribution in [0.2, 0.25) is 0 Å². The fraction of sp³-hybridized carbons (Fsp3) is 0.0714. The maximum absolute atomic E-state index is 10.7. The monoisotopic (exact) mass is 258 g/mol. The predicted octanol–water partition coefficient (Wildman–Crippen LogP) is 2.93. The number of carbonyl (C=O) groups is 1. The van der Waals surface area contributed by atoms with Crippen LogP contribution in [0.3, 0.4) is 0 Å². The number of hydrogen-bond donors (Lipinski definition) is 2. The van der Waals surface area contributed by atoms with Crippen molar-refractivity contribution in [2.24, 2.45) is 0 Å². The molecule has 0 bridgehead atoms. The summed E-state index contributed by atoms with van der Waals surface area (Å²) in [5.74, 6) is 5.71. The number of rotatable bonds is 2. The number of benzene rings is 1. The van der Waals surface area contributed by atoms with Gasteiger partial charge in [-0.2, -0.15) is 12.6 Å². The lowest BCUT2D eigenvalue weighted by atomic mass is 10.1. The van der Waals surface area contributed by atoms with E-state index in [0.29, 0.717) is 11.5 Å². The van der Waals surface area contributed by atoms with Gasteiger partial charge in [-0.25, -0.2) is 4.79 Å². The van der Waals surface area contributed by atoms with Crippen LogP contribution in [0.4, 0.5) is 0 Å². The molecular formula is C14H10O3S. The van der Waals surface area contributed by atoms with Gasteiger partial charge in [0.25, 0.3) is 0 Å². The van der Waals surface area contributed by atoms with Crippen molar-refractivity contribution in [1.82, 2.24) is 0 Å². The zero-order valence-electron chi connectivity index (χ0n) is 9.38.